The first-order valence-electron chi connectivity index (χ1n) is 8.73. The van der Waals surface area contributed by atoms with Crippen LogP contribution in [0.1, 0.15) is 63.4 Å². The van der Waals surface area contributed by atoms with Gasteiger partial charge in [-0.3, -0.25) is 0 Å². The van der Waals surface area contributed by atoms with Crippen LogP contribution in [0.2, 0.25) is 0 Å². The molecule has 0 aromatic carbocycles. The third-order valence-electron chi connectivity index (χ3n) is 4.83. The summed E-state index contributed by atoms with van der Waals surface area (Å²) in [6.45, 7) is 0. The minimum Gasteiger partial charge on any atom is -0.393 e. The van der Waals surface area contributed by atoms with E-state index < -0.39 is 0 Å². The number of nitrogens with one attached hydrogen (secondary N) is 2. The fourth-order valence-corrected chi connectivity index (χ4v) is 3.56. The van der Waals surface area contributed by atoms with Crippen molar-refractivity contribution in [1.29, 1.82) is 5.26 Å². The predicted octanol–water partition coefficient (Wildman–Crippen LogP) is 2.81. The first-order valence-corrected chi connectivity index (χ1v) is 8.73. The molecule has 23 heavy (non-hydrogen) atoms. The van der Waals surface area contributed by atoms with Crippen molar-refractivity contribution < 1.29 is 5.11 Å². The van der Waals surface area contributed by atoms with Crippen LogP contribution in [-0.4, -0.2) is 33.3 Å². The van der Waals surface area contributed by atoms with Crippen LogP contribution < -0.4 is 10.6 Å². The van der Waals surface area contributed by atoms with Crippen LogP contribution in [0.3, 0.4) is 0 Å². The first-order chi connectivity index (χ1) is 11.2. The molecule has 2 fully saturated rings. The number of aliphatic hydroxyl groups is 1. The third kappa shape index (κ3) is 4.32. The van der Waals surface area contributed by atoms with Crippen molar-refractivity contribution in [1.82, 2.24) is 9.97 Å². The summed E-state index contributed by atoms with van der Waals surface area (Å²) >= 11 is 0. The van der Waals surface area contributed by atoms with Crippen LogP contribution in [-0.2, 0) is 0 Å². The topological polar surface area (TPSA) is 93.9 Å². The molecule has 3 N–H and O–H groups in total. The highest BCUT2D eigenvalue weighted by atomic mass is 16.3. The average molecular weight is 315 g/mol. The van der Waals surface area contributed by atoms with Crippen molar-refractivity contribution in [2.75, 3.05) is 10.6 Å². The molecule has 0 aliphatic heterocycles. The second-order valence-corrected chi connectivity index (χ2v) is 6.71. The first kappa shape index (κ1) is 16.0. The van der Waals surface area contributed by atoms with Crippen molar-refractivity contribution in [2.45, 2.75) is 76.0 Å². The highest BCUT2D eigenvalue weighted by Crippen LogP contribution is 2.24. The van der Waals surface area contributed by atoms with Gasteiger partial charge in [-0.15, -0.1) is 0 Å². The van der Waals surface area contributed by atoms with E-state index in [1.165, 1.54) is 19.3 Å². The Kier molecular flexibility index (Phi) is 5.29. The van der Waals surface area contributed by atoms with E-state index in [9.17, 15) is 10.4 Å². The zero-order valence-electron chi connectivity index (χ0n) is 13.5. The van der Waals surface area contributed by atoms with Gasteiger partial charge in [0, 0.05) is 12.1 Å². The largest absolute Gasteiger partial charge is 0.393 e. The molecule has 1 heterocycles. The SMILES string of the molecule is N#Cc1cnc(NC2CCCCC2)nc1N[C@@H]1CCCC(O)C1. The Labute approximate surface area is 137 Å². The van der Waals surface area contributed by atoms with E-state index in [0.717, 1.165) is 32.1 Å². The van der Waals surface area contributed by atoms with Crippen molar-refractivity contribution in [3.8, 4) is 6.07 Å². The number of aliphatic hydroxyl groups excluding tert-OH is 1. The average Bonchev–Trinajstić information content (AvgIpc) is 2.56. The fraction of sp³-hybridized carbons (Fsp3) is 0.706. The van der Waals surface area contributed by atoms with Gasteiger partial charge in [-0.2, -0.15) is 10.2 Å². The van der Waals surface area contributed by atoms with Crippen molar-refractivity contribution >= 4 is 11.8 Å². The fourth-order valence-electron chi connectivity index (χ4n) is 3.56. The van der Waals surface area contributed by atoms with Crippen LogP contribution >= 0.6 is 0 Å². The molecule has 0 saturated heterocycles. The van der Waals surface area contributed by atoms with E-state index in [-0.39, 0.29) is 12.1 Å². The molecule has 2 atom stereocenters. The van der Waals surface area contributed by atoms with Crippen molar-refractivity contribution in [3.05, 3.63) is 11.8 Å². The van der Waals surface area contributed by atoms with Crippen molar-refractivity contribution in [2.24, 2.45) is 0 Å². The lowest BCUT2D eigenvalue weighted by Gasteiger charge is -2.27. The van der Waals surface area contributed by atoms with E-state index in [2.05, 4.69) is 26.7 Å². The maximum absolute atomic E-state index is 9.80. The summed E-state index contributed by atoms with van der Waals surface area (Å²) in [5, 5.41) is 25.8. The molecule has 2 saturated carbocycles. The van der Waals surface area contributed by atoms with E-state index in [1.807, 2.05) is 0 Å². The summed E-state index contributed by atoms with van der Waals surface area (Å²) in [6.07, 6.45) is 11.0. The van der Waals surface area contributed by atoms with Gasteiger partial charge in [0.15, 0.2) is 0 Å². The van der Waals surface area contributed by atoms with Gasteiger partial charge in [-0.25, -0.2) is 4.98 Å². The molecule has 1 unspecified atom stereocenters. The zero-order valence-corrected chi connectivity index (χ0v) is 13.5. The highest BCUT2D eigenvalue weighted by molar-refractivity contribution is 5.54. The molecule has 0 radical (unpaired) electrons. The van der Waals surface area contributed by atoms with E-state index >= 15 is 0 Å². The number of hydrogen-bond donors (Lipinski definition) is 3. The Morgan fingerprint density at radius 2 is 1.83 bits per heavy atom. The lowest BCUT2D eigenvalue weighted by molar-refractivity contribution is 0.124. The maximum atomic E-state index is 9.80. The molecule has 1 aromatic heterocycles. The van der Waals surface area contributed by atoms with Gasteiger partial charge in [-0.1, -0.05) is 19.3 Å². The van der Waals surface area contributed by atoms with Crippen LogP contribution in [0.5, 0.6) is 0 Å². The lowest BCUT2D eigenvalue weighted by atomic mass is 9.93. The number of rotatable bonds is 4. The number of hydrogen-bond acceptors (Lipinski definition) is 6. The monoisotopic (exact) mass is 315 g/mol. The number of aromatic nitrogens is 2. The van der Waals surface area contributed by atoms with Gasteiger partial charge in [0.2, 0.25) is 5.95 Å². The Hall–Kier alpha value is -1.87. The summed E-state index contributed by atoms with van der Waals surface area (Å²) < 4.78 is 0. The lowest BCUT2D eigenvalue weighted by Crippen LogP contribution is -2.31. The third-order valence-corrected chi connectivity index (χ3v) is 4.83. The summed E-state index contributed by atoms with van der Waals surface area (Å²) in [5.41, 5.74) is 0.458. The summed E-state index contributed by atoms with van der Waals surface area (Å²) in [7, 11) is 0. The van der Waals surface area contributed by atoms with Gasteiger partial charge >= 0.3 is 0 Å². The van der Waals surface area contributed by atoms with E-state index in [1.54, 1.807) is 6.20 Å². The Morgan fingerprint density at radius 1 is 1.04 bits per heavy atom. The molecule has 6 heteroatoms. The van der Waals surface area contributed by atoms with Crippen LogP contribution in [0.15, 0.2) is 6.20 Å². The van der Waals surface area contributed by atoms with Crippen LogP contribution in [0, 0.1) is 11.3 Å². The van der Waals surface area contributed by atoms with Crippen LogP contribution in [0.4, 0.5) is 11.8 Å². The smallest absolute Gasteiger partial charge is 0.224 e. The molecule has 2 aliphatic rings. The molecular formula is C17H25N5O. The minimum absolute atomic E-state index is 0.170. The molecule has 1 aromatic rings. The van der Waals surface area contributed by atoms with E-state index in [4.69, 9.17) is 0 Å². The Bertz CT molecular complexity index is 565. The van der Waals surface area contributed by atoms with Gasteiger partial charge in [0.25, 0.3) is 0 Å². The maximum Gasteiger partial charge on any atom is 0.224 e. The molecule has 6 nitrogen and oxygen atoms in total. The Morgan fingerprint density at radius 3 is 2.57 bits per heavy atom. The quantitative estimate of drug-likeness (QED) is 0.791. The normalized spacial score (nSPS) is 25.6. The van der Waals surface area contributed by atoms with Gasteiger partial charge in [0.05, 0.1) is 12.3 Å². The molecule has 0 spiro atoms. The second kappa shape index (κ2) is 7.60. The van der Waals surface area contributed by atoms with Gasteiger partial charge in [0.1, 0.15) is 17.5 Å². The van der Waals surface area contributed by atoms with Crippen LogP contribution in [0.25, 0.3) is 0 Å². The highest BCUT2D eigenvalue weighted by Gasteiger charge is 2.22. The van der Waals surface area contributed by atoms with E-state index in [0.29, 0.717) is 29.8 Å². The Balaban J connectivity index is 1.69. The molecule has 0 bridgehead atoms. The minimum atomic E-state index is -0.256. The number of nitriles is 1. The zero-order chi connectivity index (χ0) is 16.1. The summed E-state index contributed by atoms with van der Waals surface area (Å²) in [4.78, 5) is 8.80. The molecule has 3 rings (SSSR count). The second-order valence-electron chi connectivity index (χ2n) is 6.71. The molecule has 2 aliphatic carbocycles. The number of nitrogens with zero attached hydrogens (tertiary/aromatic N) is 3. The summed E-state index contributed by atoms with van der Waals surface area (Å²) in [6, 6.07) is 2.75. The summed E-state index contributed by atoms with van der Waals surface area (Å²) in [5.74, 6) is 1.18. The van der Waals surface area contributed by atoms with Crippen molar-refractivity contribution in [3.63, 3.8) is 0 Å². The number of anilines is 2. The standard InChI is InChI=1S/C17H25N5O/c18-10-12-11-19-17(21-13-5-2-1-3-6-13)22-16(12)20-14-7-4-8-15(23)9-14/h11,13-15,23H,1-9H2,(H2,19,20,21,22)/t14-,15?/m1/s1. The predicted molar refractivity (Wildman–Crippen MR) is 89.1 cm³/mol. The van der Waals surface area contributed by atoms with Gasteiger partial charge < -0.3 is 15.7 Å². The van der Waals surface area contributed by atoms with Gasteiger partial charge in [-0.05, 0) is 38.5 Å². The molecular weight excluding hydrogens is 290 g/mol. The molecule has 0 amide bonds. The molecule has 124 valence electrons.